The van der Waals surface area contributed by atoms with Crippen LogP contribution >= 0.6 is 12.2 Å². The fourth-order valence-electron chi connectivity index (χ4n) is 3.31. The van der Waals surface area contributed by atoms with Crippen LogP contribution in [0.15, 0.2) is 77.9 Å². The third-order valence-electron chi connectivity index (χ3n) is 4.89. The number of anilines is 1. The van der Waals surface area contributed by atoms with Gasteiger partial charge in [-0.2, -0.15) is 5.10 Å². The zero-order valence-electron chi connectivity index (χ0n) is 16.2. The Morgan fingerprint density at radius 3 is 2.17 bits per heavy atom. The minimum absolute atomic E-state index is 0.205. The van der Waals surface area contributed by atoms with Crippen molar-refractivity contribution in [2.75, 3.05) is 12.4 Å². The molecule has 0 fully saturated rings. The van der Waals surface area contributed by atoms with Crippen LogP contribution in [0, 0.1) is 11.6 Å². The molecule has 30 heavy (non-hydrogen) atoms. The van der Waals surface area contributed by atoms with Gasteiger partial charge in [0, 0.05) is 12.1 Å². The van der Waals surface area contributed by atoms with E-state index in [1.807, 2.05) is 24.3 Å². The SMILES string of the molecule is COc1ccc(NC(=S)N2N=C(c3ccc(F)cc3)C[C@H]2c2ccc(F)cc2)cc1. The van der Waals surface area contributed by atoms with Gasteiger partial charge in [0.1, 0.15) is 17.4 Å². The predicted molar refractivity (Wildman–Crippen MR) is 118 cm³/mol. The second-order valence-corrected chi connectivity index (χ2v) is 7.21. The molecule has 152 valence electrons. The molecule has 0 amide bonds. The van der Waals surface area contributed by atoms with Crippen LogP contribution in [0.3, 0.4) is 0 Å². The average molecular weight is 423 g/mol. The number of nitrogens with one attached hydrogen (secondary N) is 1. The Labute approximate surface area is 178 Å². The molecule has 4 nitrogen and oxygen atoms in total. The molecule has 0 unspecified atom stereocenters. The third kappa shape index (κ3) is 4.31. The van der Waals surface area contributed by atoms with Crippen molar-refractivity contribution in [3.05, 3.63) is 95.6 Å². The van der Waals surface area contributed by atoms with Gasteiger partial charge >= 0.3 is 0 Å². The molecule has 0 saturated heterocycles. The van der Waals surface area contributed by atoms with Crippen molar-refractivity contribution >= 4 is 28.7 Å². The van der Waals surface area contributed by atoms with Crippen LogP contribution in [-0.2, 0) is 0 Å². The monoisotopic (exact) mass is 423 g/mol. The number of hydrogen-bond donors (Lipinski definition) is 1. The molecule has 1 atom stereocenters. The number of hydrogen-bond acceptors (Lipinski definition) is 3. The standard InChI is InChI=1S/C23H19F2N3OS/c1-29-20-12-10-19(11-13-20)26-23(30)28-22(16-4-8-18(25)9-5-16)14-21(27-28)15-2-6-17(24)7-3-15/h2-13,22H,14H2,1H3,(H,26,30)/t22-/m0/s1. The zero-order chi connectivity index (χ0) is 21.1. The Balaban J connectivity index is 1.62. The zero-order valence-corrected chi connectivity index (χ0v) is 17.0. The Kier molecular flexibility index (Phi) is 5.72. The minimum Gasteiger partial charge on any atom is -0.497 e. The van der Waals surface area contributed by atoms with E-state index < -0.39 is 0 Å². The number of nitrogens with zero attached hydrogens (tertiary/aromatic N) is 2. The molecule has 0 saturated carbocycles. The first-order valence-electron chi connectivity index (χ1n) is 9.36. The smallest absolute Gasteiger partial charge is 0.194 e. The lowest BCUT2D eigenvalue weighted by Crippen LogP contribution is -2.31. The van der Waals surface area contributed by atoms with Gasteiger partial charge in [-0.15, -0.1) is 0 Å². The molecule has 1 aliphatic heterocycles. The molecule has 3 aromatic carbocycles. The summed E-state index contributed by atoms with van der Waals surface area (Å²) < 4.78 is 31.9. The van der Waals surface area contributed by atoms with Gasteiger partial charge in [0.2, 0.25) is 0 Å². The van der Waals surface area contributed by atoms with Gasteiger partial charge in [-0.3, -0.25) is 0 Å². The summed E-state index contributed by atoms with van der Waals surface area (Å²) >= 11 is 5.63. The fraction of sp³-hybridized carbons (Fsp3) is 0.130. The van der Waals surface area contributed by atoms with E-state index in [-0.39, 0.29) is 17.7 Å². The maximum Gasteiger partial charge on any atom is 0.194 e. The summed E-state index contributed by atoms with van der Waals surface area (Å²) in [6.07, 6.45) is 0.557. The lowest BCUT2D eigenvalue weighted by molar-refractivity contribution is 0.375. The summed E-state index contributed by atoms with van der Waals surface area (Å²) in [6, 6.07) is 19.7. The van der Waals surface area contributed by atoms with E-state index in [1.165, 1.54) is 24.3 Å². The summed E-state index contributed by atoms with van der Waals surface area (Å²) in [5.74, 6) is 0.135. The Bertz CT molecular complexity index is 1070. The fourth-order valence-corrected chi connectivity index (χ4v) is 3.60. The van der Waals surface area contributed by atoms with Crippen molar-refractivity contribution in [2.24, 2.45) is 5.10 Å². The van der Waals surface area contributed by atoms with E-state index >= 15 is 0 Å². The van der Waals surface area contributed by atoms with Gasteiger partial charge in [0.25, 0.3) is 0 Å². The summed E-state index contributed by atoms with van der Waals surface area (Å²) in [5.41, 5.74) is 3.28. The van der Waals surface area contributed by atoms with Crippen molar-refractivity contribution in [1.29, 1.82) is 0 Å². The first kappa shape index (κ1) is 20.0. The maximum atomic E-state index is 13.4. The summed E-state index contributed by atoms with van der Waals surface area (Å²) in [4.78, 5) is 0. The van der Waals surface area contributed by atoms with E-state index in [9.17, 15) is 8.78 Å². The van der Waals surface area contributed by atoms with Crippen molar-refractivity contribution < 1.29 is 13.5 Å². The molecule has 1 N–H and O–H groups in total. The number of benzene rings is 3. The number of methoxy groups -OCH3 is 1. The van der Waals surface area contributed by atoms with Crippen LogP contribution in [0.25, 0.3) is 0 Å². The molecule has 1 aliphatic rings. The molecule has 3 aromatic rings. The molecule has 7 heteroatoms. The van der Waals surface area contributed by atoms with Gasteiger partial charge in [-0.05, 0) is 71.9 Å². The Morgan fingerprint density at radius 2 is 1.57 bits per heavy atom. The highest BCUT2D eigenvalue weighted by Crippen LogP contribution is 2.33. The summed E-state index contributed by atoms with van der Waals surface area (Å²) in [5, 5.41) is 10.0. The van der Waals surface area contributed by atoms with Crippen LogP contribution in [0.1, 0.15) is 23.6 Å². The van der Waals surface area contributed by atoms with Crippen molar-refractivity contribution in [2.45, 2.75) is 12.5 Å². The molecule has 0 aromatic heterocycles. The quantitative estimate of drug-likeness (QED) is 0.561. The van der Waals surface area contributed by atoms with Gasteiger partial charge < -0.3 is 10.1 Å². The topological polar surface area (TPSA) is 36.9 Å². The lowest BCUT2D eigenvalue weighted by Gasteiger charge is -2.25. The van der Waals surface area contributed by atoms with Crippen LogP contribution in [-0.4, -0.2) is 22.9 Å². The maximum absolute atomic E-state index is 13.4. The lowest BCUT2D eigenvalue weighted by atomic mass is 9.98. The van der Waals surface area contributed by atoms with E-state index in [1.54, 1.807) is 36.4 Å². The molecular weight excluding hydrogens is 404 g/mol. The molecule has 0 radical (unpaired) electrons. The largest absolute Gasteiger partial charge is 0.497 e. The number of hydrazone groups is 1. The summed E-state index contributed by atoms with van der Waals surface area (Å²) in [7, 11) is 1.61. The normalized spacial score (nSPS) is 15.6. The van der Waals surface area contributed by atoms with E-state index in [0.29, 0.717) is 11.5 Å². The molecule has 0 spiro atoms. The number of rotatable bonds is 4. The highest BCUT2D eigenvalue weighted by Gasteiger charge is 2.31. The van der Waals surface area contributed by atoms with E-state index in [2.05, 4.69) is 5.32 Å². The van der Waals surface area contributed by atoms with Crippen molar-refractivity contribution in [3.8, 4) is 5.75 Å². The first-order chi connectivity index (χ1) is 14.5. The highest BCUT2D eigenvalue weighted by atomic mass is 32.1. The number of thiocarbonyl (C=S) groups is 1. The van der Waals surface area contributed by atoms with Gasteiger partial charge in [-0.1, -0.05) is 24.3 Å². The number of ether oxygens (including phenoxy) is 1. The van der Waals surface area contributed by atoms with Crippen molar-refractivity contribution in [3.63, 3.8) is 0 Å². The first-order valence-corrected chi connectivity index (χ1v) is 9.77. The van der Waals surface area contributed by atoms with Crippen LogP contribution in [0.4, 0.5) is 14.5 Å². The molecule has 0 bridgehead atoms. The molecule has 4 rings (SSSR count). The van der Waals surface area contributed by atoms with Crippen molar-refractivity contribution in [1.82, 2.24) is 5.01 Å². The van der Waals surface area contributed by atoms with E-state index in [0.717, 1.165) is 28.3 Å². The Morgan fingerprint density at radius 1 is 0.967 bits per heavy atom. The third-order valence-corrected chi connectivity index (χ3v) is 5.18. The van der Waals surface area contributed by atoms with Gasteiger partial charge in [-0.25, -0.2) is 13.8 Å². The predicted octanol–water partition coefficient (Wildman–Crippen LogP) is 5.52. The van der Waals surface area contributed by atoms with E-state index in [4.69, 9.17) is 22.1 Å². The number of halogens is 2. The van der Waals surface area contributed by atoms with Gasteiger partial charge in [0.15, 0.2) is 5.11 Å². The summed E-state index contributed by atoms with van der Waals surface area (Å²) in [6.45, 7) is 0. The van der Waals surface area contributed by atoms with Gasteiger partial charge in [0.05, 0.1) is 18.9 Å². The average Bonchev–Trinajstić information content (AvgIpc) is 3.21. The van der Waals surface area contributed by atoms with Crippen LogP contribution in [0.5, 0.6) is 5.75 Å². The second-order valence-electron chi connectivity index (χ2n) is 6.83. The molecular formula is C23H19F2N3OS. The second kappa shape index (κ2) is 8.59. The molecule has 1 heterocycles. The van der Waals surface area contributed by atoms with Crippen LogP contribution in [0.2, 0.25) is 0 Å². The minimum atomic E-state index is -0.305. The highest BCUT2D eigenvalue weighted by molar-refractivity contribution is 7.80. The molecule has 0 aliphatic carbocycles. The van der Waals surface area contributed by atoms with Crippen LogP contribution < -0.4 is 10.1 Å². The Hall–Kier alpha value is -3.32.